The molecule has 1 aromatic carbocycles. The Hall–Kier alpha value is -2.18. The summed E-state index contributed by atoms with van der Waals surface area (Å²) in [5, 5.41) is 11.0. The van der Waals surface area contributed by atoms with Gasteiger partial charge in [0.25, 0.3) is 0 Å². The molecule has 0 radical (unpaired) electrons. The van der Waals surface area contributed by atoms with Crippen molar-refractivity contribution in [3.8, 4) is 0 Å². The Bertz CT molecular complexity index is 535. The van der Waals surface area contributed by atoms with E-state index in [9.17, 15) is 19.3 Å². The average Bonchev–Trinajstić information content (AvgIpc) is 2.45. The minimum atomic E-state index is -0.868. The van der Waals surface area contributed by atoms with Gasteiger partial charge >= 0.3 is 11.7 Å². The highest BCUT2D eigenvalue weighted by atomic mass is 19.1. The van der Waals surface area contributed by atoms with Crippen LogP contribution in [0.25, 0.3) is 0 Å². The predicted molar refractivity (Wildman–Crippen MR) is 70.0 cm³/mol. The summed E-state index contributed by atoms with van der Waals surface area (Å²) in [4.78, 5) is 23.5. The molecule has 1 saturated heterocycles. The Labute approximate surface area is 115 Å². The summed E-state index contributed by atoms with van der Waals surface area (Å²) in [6.07, 6.45) is 1.37. The lowest BCUT2D eigenvalue weighted by Gasteiger charge is -2.32. The van der Waals surface area contributed by atoms with Crippen LogP contribution in [0, 0.1) is 21.8 Å². The Morgan fingerprint density at radius 2 is 2.30 bits per heavy atom. The van der Waals surface area contributed by atoms with Crippen LogP contribution in [-0.2, 0) is 9.53 Å². The Morgan fingerprint density at radius 1 is 1.55 bits per heavy atom. The summed E-state index contributed by atoms with van der Waals surface area (Å²) < 4.78 is 18.3. The van der Waals surface area contributed by atoms with E-state index in [-0.39, 0.29) is 17.6 Å². The fourth-order valence-electron chi connectivity index (χ4n) is 2.49. The van der Waals surface area contributed by atoms with Gasteiger partial charge in [-0.05, 0) is 25.0 Å². The fraction of sp³-hybridized carbons (Fsp3) is 0.462. The summed E-state index contributed by atoms with van der Waals surface area (Å²) in [7, 11) is 1.31. The molecule has 1 aliphatic rings. The van der Waals surface area contributed by atoms with Gasteiger partial charge in [-0.25, -0.2) is 0 Å². The topological polar surface area (TPSA) is 72.7 Å². The average molecular weight is 282 g/mol. The number of halogens is 1. The van der Waals surface area contributed by atoms with Crippen molar-refractivity contribution in [1.29, 1.82) is 0 Å². The van der Waals surface area contributed by atoms with Crippen molar-refractivity contribution in [3.05, 3.63) is 34.1 Å². The Balaban J connectivity index is 2.30. The number of ether oxygens (including phenoxy) is 1. The molecule has 1 heterocycles. The highest BCUT2D eigenvalue weighted by molar-refractivity contribution is 5.74. The van der Waals surface area contributed by atoms with Crippen LogP contribution in [0.1, 0.15) is 12.8 Å². The number of carbonyl (C=O) groups excluding carboxylic acids is 1. The first kappa shape index (κ1) is 14.2. The maximum Gasteiger partial charge on any atom is 0.327 e. The predicted octanol–water partition coefficient (Wildman–Crippen LogP) is 2.12. The molecule has 1 fully saturated rings. The van der Waals surface area contributed by atoms with Crippen molar-refractivity contribution in [2.24, 2.45) is 5.92 Å². The molecule has 0 N–H and O–H groups in total. The molecule has 1 aliphatic heterocycles. The fourth-order valence-corrected chi connectivity index (χ4v) is 2.49. The van der Waals surface area contributed by atoms with Gasteiger partial charge in [-0.3, -0.25) is 14.9 Å². The maximum absolute atomic E-state index is 13.6. The molecule has 2 rings (SSSR count). The van der Waals surface area contributed by atoms with E-state index >= 15 is 0 Å². The quantitative estimate of drug-likeness (QED) is 0.482. The number of para-hydroxylation sites is 1. The second-order valence-corrected chi connectivity index (χ2v) is 4.67. The molecule has 20 heavy (non-hydrogen) atoms. The highest BCUT2D eigenvalue weighted by Gasteiger charge is 2.31. The van der Waals surface area contributed by atoms with E-state index in [0.29, 0.717) is 25.9 Å². The molecule has 0 saturated carbocycles. The standard InChI is InChI=1S/C13H15FN2O4/c1-20-13(17)9-4-3-7-15(8-9)11-6-2-5-10(14)12(11)16(18)19/h2,5-6,9H,3-4,7-8H2,1H3. The molecule has 0 aliphatic carbocycles. The number of nitro groups is 1. The Morgan fingerprint density at radius 3 is 2.95 bits per heavy atom. The summed E-state index contributed by atoms with van der Waals surface area (Å²) >= 11 is 0. The normalized spacial score (nSPS) is 18.7. The van der Waals surface area contributed by atoms with Crippen molar-refractivity contribution in [2.45, 2.75) is 12.8 Å². The van der Waals surface area contributed by atoms with Gasteiger partial charge in [0, 0.05) is 13.1 Å². The summed E-state index contributed by atoms with van der Waals surface area (Å²) in [6, 6.07) is 3.99. The van der Waals surface area contributed by atoms with Gasteiger partial charge in [-0.1, -0.05) is 6.07 Å². The molecule has 0 amide bonds. The van der Waals surface area contributed by atoms with Crippen molar-refractivity contribution in [3.63, 3.8) is 0 Å². The molecule has 0 bridgehead atoms. The number of hydrogen-bond acceptors (Lipinski definition) is 5. The smallest absolute Gasteiger partial charge is 0.327 e. The van der Waals surface area contributed by atoms with E-state index in [4.69, 9.17) is 4.74 Å². The Kier molecular flexibility index (Phi) is 4.16. The van der Waals surface area contributed by atoms with Crippen LogP contribution in [0.5, 0.6) is 0 Å². The van der Waals surface area contributed by atoms with E-state index in [1.165, 1.54) is 19.2 Å². The minimum absolute atomic E-state index is 0.212. The third-order valence-electron chi connectivity index (χ3n) is 3.44. The van der Waals surface area contributed by atoms with Crippen LogP contribution >= 0.6 is 0 Å². The van der Waals surface area contributed by atoms with Gasteiger partial charge in [0.1, 0.15) is 5.69 Å². The number of nitro benzene ring substituents is 1. The van der Waals surface area contributed by atoms with Crippen molar-refractivity contribution in [2.75, 3.05) is 25.1 Å². The number of benzene rings is 1. The number of esters is 1. The van der Waals surface area contributed by atoms with Gasteiger partial charge in [-0.2, -0.15) is 4.39 Å². The van der Waals surface area contributed by atoms with E-state index < -0.39 is 16.4 Å². The zero-order valence-electron chi connectivity index (χ0n) is 11.0. The third kappa shape index (κ3) is 2.71. The van der Waals surface area contributed by atoms with Gasteiger partial charge in [0.2, 0.25) is 5.82 Å². The first-order valence-electron chi connectivity index (χ1n) is 6.30. The zero-order chi connectivity index (χ0) is 14.7. The van der Waals surface area contributed by atoms with Crippen LogP contribution in [0.2, 0.25) is 0 Å². The lowest BCUT2D eigenvalue weighted by Crippen LogP contribution is -2.39. The van der Waals surface area contributed by atoms with Gasteiger partial charge < -0.3 is 9.64 Å². The van der Waals surface area contributed by atoms with Gasteiger partial charge in [0.15, 0.2) is 0 Å². The number of nitrogens with zero attached hydrogens (tertiary/aromatic N) is 2. The first-order valence-corrected chi connectivity index (χ1v) is 6.30. The lowest BCUT2D eigenvalue weighted by molar-refractivity contribution is -0.386. The molecule has 1 atom stereocenters. The van der Waals surface area contributed by atoms with Crippen molar-refractivity contribution < 1.29 is 18.8 Å². The van der Waals surface area contributed by atoms with Crippen molar-refractivity contribution in [1.82, 2.24) is 0 Å². The molecule has 0 aromatic heterocycles. The van der Waals surface area contributed by atoms with Crippen molar-refractivity contribution >= 4 is 17.3 Å². The summed E-state index contributed by atoms with van der Waals surface area (Å²) in [5.41, 5.74) is -0.332. The lowest BCUT2D eigenvalue weighted by atomic mass is 9.97. The molecular weight excluding hydrogens is 267 g/mol. The number of rotatable bonds is 3. The molecular formula is C13H15FN2O4. The summed E-state index contributed by atoms with van der Waals surface area (Å²) in [6.45, 7) is 0.856. The number of carbonyl (C=O) groups is 1. The number of hydrogen-bond donors (Lipinski definition) is 0. The van der Waals surface area contributed by atoms with Crippen LogP contribution < -0.4 is 4.90 Å². The first-order chi connectivity index (χ1) is 9.54. The number of piperidine rings is 1. The SMILES string of the molecule is COC(=O)C1CCCN(c2cccc(F)c2[N+](=O)[O-])C1. The zero-order valence-corrected chi connectivity index (χ0v) is 11.0. The van der Waals surface area contributed by atoms with Crippen LogP contribution in [0.3, 0.4) is 0 Å². The van der Waals surface area contributed by atoms with Crippen LogP contribution in [0.4, 0.5) is 15.8 Å². The minimum Gasteiger partial charge on any atom is -0.469 e. The molecule has 6 nitrogen and oxygen atoms in total. The second-order valence-electron chi connectivity index (χ2n) is 4.67. The molecule has 0 spiro atoms. The number of anilines is 1. The summed E-state index contributed by atoms with van der Waals surface area (Å²) in [5.74, 6) is -1.54. The van der Waals surface area contributed by atoms with E-state index in [0.717, 1.165) is 6.07 Å². The third-order valence-corrected chi connectivity index (χ3v) is 3.44. The number of methoxy groups -OCH3 is 1. The maximum atomic E-state index is 13.6. The van der Waals surface area contributed by atoms with Gasteiger partial charge in [-0.15, -0.1) is 0 Å². The second kappa shape index (κ2) is 5.85. The highest BCUT2D eigenvalue weighted by Crippen LogP contribution is 2.33. The van der Waals surface area contributed by atoms with Gasteiger partial charge in [0.05, 0.1) is 18.0 Å². The van der Waals surface area contributed by atoms with E-state index in [2.05, 4.69) is 0 Å². The molecule has 7 heteroatoms. The van der Waals surface area contributed by atoms with E-state index in [1.54, 1.807) is 4.90 Å². The molecule has 1 unspecified atom stereocenters. The largest absolute Gasteiger partial charge is 0.469 e. The van der Waals surface area contributed by atoms with Crippen LogP contribution in [0.15, 0.2) is 18.2 Å². The molecule has 1 aromatic rings. The van der Waals surface area contributed by atoms with Crippen LogP contribution in [-0.4, -0.2) is 31.1 Å². The molecule has 108 valence electrons. The monoisotopic (exact) mass is 282 g/mol. The van der Waals surface area contributed by atoms with E-state index in [1.807, 2.05) is 0 Å².